The molecule has 0 unspecified atom stereocenters. The molecule has 0 fully saturated rings. The summed E-state index contributed by atoms with van der Waals surface area (Å²) in [7, 11) is 0. The van der Waals surface area contributed by atoms with Crippen LogP contribution in [0.2, 0.25) is 0 Å². The van der Waals surface area contributed by atoms with Gasteiger partial charge in [-0.05, 0) is 30.7 Å². The zero-order valence-electron chi connectivity index (χ0n) is 13.1. The molecule has 2 N–H and O–H groups in total. The highest BCUT2D eigenvalue weighted by atomic mass is 79.9. The van der Waals surface area contributed by atoms with Gasteiger partial charge in [0.15, 0.2) is 5.69 Å². The summed E-state index contributed by atoms with van der Waals surface area (Å²) in [6.45, 7) is 8.00. The monoisotopic (exact) mass is 362 g/mol. The molecule has 1 amide bonds. The summed E-state index contributed by atoms with van der Waals surface area (Å²) in [5.41, 5.74) is 5.35. The van der Waals surface area contributed by atoms with Gasteiger partial charge in [-0.1, -0.05) is 48.8 Å². The molecule has 0 saturated heterocycles. The van der Waals surface area contributed by atoms with Crippen LogP contribution < -0.4 is 5.43 Å². The quantitative estimate of drug-likeness (QED) is 0.646. The van der Waals surface area contributed by atoms with Gasteiger partial charge in [0, 0.05) is 15.6 Å². The number of nitrogens with zero attached hydrogens (tertiary/aromatic N) is 2. The van der Waals surface area contributed by atoms with Gasteiger partial charge in [-0.3, -0.25) is 9.89 Å². The first-order valence-electron chi connectivity index (χ1n) is 6.94. The summed E-state index contributed by atoms with van der Waals surface area (Å²) < 4.78 is 0.966. The third-order valence-electron chi connectivity index (χ3n) is 3.19. The van der Waals surface area contributed by atoms with E-state index in [-0.39, 0.29) is 11.3 Å². The maximum atomic E-state index is 12.1. The Balaban J connectivity index is 2.09. The first-order chi connectivity index (χ1) is 10.3. The van der Waals surface area contributed by atoms with Gasteiger partial charge in [-0.15, -0.1) is 0 Å². The third-order valence-corrected chi connectivity index (χ3v) is 3.68. The Morgan fingerprint density at radius 3 is 2.64 bits per heavy atom. The van der Waals surface area contributed by atoms with E-state index in [1.54, 1.807) is 6.07 Å². The molecular weight excluding hydrogens is 344 g/mol. The largest absolute Gasteiger partial charge is 0.291 e. The van der Waals surface area contributed by atoms with Crippen molar-refractivity contribution in [3.63, 3.8) is 0 Å². The Morgan fingerprint density at radius 1 is 1.32 bits per heavy atom. The summed E-state index contributed by atoms with van der Waals surface area (Å²) in [5.74, 6) is -0.332. The van der Waals surface area contributed by atoms with E-state index in [1.165, 1.54) is 0 Å². The fraction of sp³-hybridized carbons (Fsp3) is 0.312. The van der Waals surface area contributed by atoms with Crippen LogP contribution in [-0.4, -0.2) is 21.8 Å². The first kappa shape index (κ1) is 16.4. The first-order valence-corrected chi connectivity index (χ1v) is 7.73. The number of aromatic nitrogens is 2. The van der Waals surface area contributed by atoms with E-state index in [9.17, 15) is 4.79 Å². The highest BCUT2D eigenvalue weighted by molar-refractivity contribution is 9.10. The number of aromatic amines is 1. The van der Waals surface area contributed by atoms with E-state index in [1.807, 2.05) is 31.2 Å². The van der Waals surface area contributed by atoms with Crippen molar-refractivity contribution in [3.8, 4) is 0 Å². The minimum Gasteiger partial charge on any atom is -0.281 e. The van der Waals surface area contributed by atoms with Crippen molar-refractivity contribution in [1.29, 1.82) is 0 Å². The molecule has 0 radical (unpaired) electrons. The number of carbonyl (C=O) groups is 1. The molecule has 0 aliphatic carbocycles. The van der Waals surface area contributed by atoms with Gasteiger partial charge in [-0.2, -0.15) is 10.2 Å². The predicted molar refractivity (Wildman–Crippen MR) is 91.1 cm³/mol. The van der Waals surface area contributed by atoms with Crippen molar-refractivity contribution in [2.45, 2.75) is 33.1 Å². The lowest BCUT2D eigenvalue weighted by molar-refractivity contribution is 0.0950. The van der Waals surface area contributed by atoms with E-state index in [0.29, 0.717) is 5.69 Å². The summed E-state index contributed by atoms with van der Waals surface area (Å²) in [6, 6.07) is 9.48. The van der Waals surface area contributed by atoms with Crippen LogP contribution >= 0.6 is 15.9 Å². The molecule has 0 aliphatic heterocycles. The Kier molecular flexibility index (Phi) is 4.81. The highest BCUT2D eigenvalue weighted by Crippen LogP contribution is 2.20. The normalized spacial score (nSPS) is 12.3. The van der Waals surface area contributed by atoms with Crippen LogP contribution in [0.5, 0.6) is 0 Å². The maximum Gasteiger partial charge on any atom is 0.291 e. The second-order valence-electron chi connectivity index (χ2n) is 6.07. The molecule has 5 nitrogen and oxygen atoms in total. The molecule has 1 heterocycles. The topological polar surface area (TPSA) is 70.1 Å². The van der Waals surface area contributed by atoms with Gasteiger partial charge < -0.3 is 0 Å². The van der Waals surface area contributed by atoms with Gasteiger partial charge in [0.2, 0.25) is 0 Å². The Morgan fingerprint density at radius 2 is 2.05 bits per heavy atom. The van der Waals surface area contributed by atoms with Crippen molar-refractivity contribution in [2.75, 3.05) is 0 Å². The number of rotatable bonds is 3. The van der Waals surface area contributed by atoms with Crippen molar-refractivity contribution in [2.24, 2.45) is 5.10 Å². The van der Waals surface area contributed by atoms with Crippen molar-refractivity contribution >= 4 is 27.5 Å². The molecule has 1 aromatic carbocycles. The lowest BCUT2D eigenvalue weighted by atomic mass is 9.92. The van der Waals surface area contributed by atoms with Gasteiger partial charge >= 0.3 is 0 Å². The molecule has 2 aromatic rings. The summed E-state index contributed by atoms with van der Waals surface area (Å²) in [4.78, 5) is 12.1. The number of nitrogens with one attached hydrogen (secondary N) is 2. The van der Waals surface area contributed by atoms with E-state index in [4.69, 9.17) is 0 Å². The zero-order chi connectivity index (χ0) is 16.3. The van der Waals surface area contributed by atoms with Crippen LogP contribution in [0.4, 0.5) is 0 Å². The van der Waals surface area contributed by atoms with Gasteiger partial charge in [0.25, 0.3) is 5.91 Å². The SMILES string of the molecule is CC(=NNC(=O)c1cc(C(C)(C)C)[nH]n1)c1cccc(Br)c1. The minimum atomic E-state index is -0.332. The molecule has 0 atom stereocenters. The molecule has 0 aliphatic rings. The summed E-state index contributed by atoms with van der Waals surface area (Å²) in [5, 5.41) is 11.0. The second-order valence-corrected chi connectivity index (χ2v) is 6.98. The predicted octanol–water partition coefficient (Wildman–Crippen LogP) is 3.62. The fourth-order valence-corrected chi connectivity index (χ4v) is 2.19. The number of carbonyl (C=O) groups excluding carboxylic acids is 1. The van der Waals surface area contributed by atoms with Gasteiger partial charge in [0.05, 0.1) is 5.71 Å². The smallest absolute Gasteiger partial charge is 0.281 e. The number of hydrogen-bond donors (Lipinski definition) is 2. The molecule has 116 valence electrons. The van der Waals surface area contributed by atoms with E-state index < -0.39 is 0 Å². The van der Waals surface area contributed by atoms with Crippen LogP contribution in [-0.2, 0) is 5.41 Å². The van der Waals surface area contributed by atoms with Crippen molar-refractivity contribution in [3.05, 3.63) is 51.8 Å². The minimum absolute atomic E-state index is 0.0823. The summed E-state index contributed by atoms with van der Waals surface area (Å²) in [6.07, 6.45) is 0. The second kappa shape index (κ2) is 6.44. The average Bonchev–Trinajstić information content (AvgIpc) is 2.94. The Hall–Kier alpha value is -1.95. The highest BCUT2D eigenvalue weighted by Gasteiger charge is 2.19. The molecule has 0 saturated carbocycles. The van der Waals surface area contributed by atoms with Crippen LogP contribution in [0.25, 0.3) is 0 Å². The van der Waals surface area contributed by atoms with Gasteiger partial charge in [-0.25, -0.2) is 5.43 Å². The molecule has 22 heavy (non-hydrogen) atoms. The standard InChI is InChI=1S/C16H19BrN4O/c1-10(11-6-5-7-12(17)8-11)18-21-15(22)13-9-14(20-19-13)16(2,3)4/h5-9H,1-4H3,(H,19,20)(H,21,22). The van der Waals surface area contributed by atoms with Crippen LogP contribution in [0.3, 0.4) is 0 Å². The maximum absolute atomic E-state index is 12.1. The number of benzene rings is 1. The van der Waals surface area contributed by atoms with Crippen LogP contribution in [0.1, 0.15) is 49.4 Å². The molecule has 6 heteroatoms. The average molecular weight is 363 g/mol. The zero-order valence-corrected chi connectivity index (χ0v) is 14.7. The number of hydrogen-bond acceptors (Lipinski definition) is 3. The van der Waals surface area contributed by atoms with Crippen LogP contribution in [0, 0.1) is 0 Å². The summed E-state index contributed by atoms with van der Waals surface area (Å²) >= 11 is 3.41. The molecule has 0 spiro atoms. The number of amides is 1. The van der Waals surface area contributed by atoms with Crippen molar-refractivity contribution in [1.82, 2.24) is 15.6 Å². The Bertz CT molecular complexity index is 713. The number of halogens is 1. The lowest BCUT2D eigenvalue weighted by Crippen LogP contribution is -2.19. The molecule has 2 rings (SSSR count). The van der Waals surface area contributed by atoms with Crippen molar-refractivity contribution < 1.29 is 4.79 Å². The molecule has 1 aromatic heterocycles. The number of hydrazone groups is 1. The van der Waals surface area contributed by atoms with E-state index >= 15 is 0 Å². The van der Waals surface area contributed by atoms with E-state index in [2.05, 4.69) is 57.4 Å². The van der Waals surface area contributed by atoms with Crippen LogP contribution in [0.15, 0.2) is 39.9 Å². The lowest BCUT2D eigenvalue weighted by Gasteiger charge is -2.14. The number of H-pyrrole nitrogens is 1. The molecular formula is C16H19BrN4O. The van der Waals surface area contributed by atoms with Gasteiger partial charge in [0.1, 0.15) is 0 Å². The van der Waals surface area contributed by atoms with E-state index in [0.717, 1.165) is 21.4 Å². The Labute approximate surface area is 138 Å². The molecule has 0 bridgehead atoms. The third kappa shape index (κ3) is 4.04. The fourth-order valence-electron chi connectivity index (χ4n) is 1.79.